The third-order valence-corrected chi connectivity index (χ3v) is 4.67. The molecule has 0 bridgehead atoms. The van der Waals surface area contributed by atoms with Gasteiger partial charge in [0.1, 0.15) is 0 Å². The molecule has 1 aromatic heterocycles. The van der Waals surface area contributed by atoms with Crippen LogP contribution in [0.3, 0.4) is 0 Å². The van der Waals surface area contributed by atoms with Gasteiger partial charge in [0.25, 0.3) is 0 Å². The lowest BCUT2D eigenvalue weighted by molar-refractivity contribution is 0.214. The maximum atomic E-state index is 4.27. The van der Waals surface area contributed by atoms with Crippen molar-refractivity contribution < 1.29 is 0 Å². The molecule has 1 saturated carbocycles. The maximum Gasteiger partial charge on any atom is 0.0825 e. The summed E-state index contributed by atoms with van der Waals surface area (Å²) in [6.07, 6.45) is 6.64. The van der Waals surface area contributed by atoms with Crippen LogP contribution in [0.15, 0.2) is 0 Å². The molecule has 3 heteroatoms. The van der Waals surface area contributed by atoms with Crippen LogP contribution in [0.5, 0.6) is 0 Å². The third-order valence-electron chi connectivity index (χ3n) is 4.67. The number of nitrogens with one attached hydrogen (secondary N) is 2. The standard InChI is InChI=1S/C16H29N3/c1-11-15(12(2)19-18-11)17-14-8-6-7-13(9-10-14)16(3,4)5/h13-14,17H,6-10H2,1-5H3,(H,18,19). The first-order chi connectivity index (χ1) is 8.88. The van der Waals surface area contributed by atoms with Gasteiger partial charge in [-0.05, 0) is 50.9 Å². The summed E-state index contributed by atoms with van der Waals surface area (Å²) in [5.74, 6) is 0.867. The van der Waals surface area contributed by atoms with Crippen LogP contribution in [-0.4, -0.2) is 16.2 Å². The van der Waals surface area contributed by atoms with Crippen LogP contribution >= 0.6 is 0 Å². The van der Waals surface area contributed by atoms with E-state index in [9.17, 15) is 0 Å². The molecule has 0 saturated heterocycles. The fourth-order valence-corrected chi connectivity index (χ4v) is 3.28. The molecule has 1 fully saturated rings. The summed E-state index contributed by atoms with van der Waals surface area (Å²) in [6, 6.07) is 0.613. The lowest BCUT2D eigenvalue weighted by Gasteiger charge is -2.29. The van der Waals surface area contributed by atoms with E-state index in [0.717, 1.165) is 17.3 Å². The van der Waals surface area contributed by atoms with E-state index in [1.165, 1.54) is 37.8 Å². The fraction of sp³-hybridized carbons (Fsp3) is 0.812. The molecule has 3 nitrogen and oxygen atoms in total. The first kappa shape index (κ1) is 14.4. The van der Waals surface area contributed by atoms with E-state index in [2.05, 4.69) is 50.1 Å². The molecule has 108 valence electrons. The molecule has 0 radical (unpaired) electrons. The van der Waals surface area contributed by atoms with E-state index in [1.54, 1.807) is 0 Å². The van der Waals surface area contributed by atoms with Gasteiger partial charge in [-0.15, -0.1) is 0 Å². The van der Waals surface area contributed by atoms with E-state index >= 15 is 0 Å². The summed E-state index contributed by atoms with van der Waals surface area (Å²) >= 11 is 0. The smallest absolute Gasteiger partial charge is 0.0825 e. The molecule has 0 amide bonds. The molecule has 2 unspecified atom stereocenters. The molecule has 2 rings (SSSR count). The molecule has 19 heavy (non-hydrogen) atoms. The number of anilines is 1. The Morgan fingerprint density at radius 1 is 1.11 bits per heavy atom. The van der Waals surface area contributed by atoms with Crippen LogP contribution in [0.2, 0.25) is 0 Å². The van der Waals surface area contributed by atoms with Crippen molar-refractivity contribution in [3.63, 3.8) is 0 Å². The van der Waals surface area contributed by atoms with E-state index < -0.39 is 0 Å². The highest BCUT2D eigenvalue weighted by Crippen LogP contribution is 2.37. The molecule has 2 N–H and O–H groups in total. The largest absolute Gasteiger partial charge is 0.379 e. The second-order valence-electron chi connectivity index (χ2n) is 7.22. The molecule has 1 heterocycles. The van der Waals surface area contributed by atoms with Gasteiger partial charge in [0.05, 0.1) is 17.1 Å². The maximum absolute atomic E-state index is 4.27. The second kappa shape index (κ2) is 5.56. The van der Waals surface area contributed by atoms with Crippen molar-refractivity contribution >= 4 is 5.69 Å². The van der Waals surface area contributed by atoms with Crippen molar-refractivity contribution in [2.24, 2.45) is 11.3 Å². The molecule has 0 aromatic carbocycles. The number of hydrogen-bond donors (Lipinski definition) is 2. The Morgan fingerprint density at radius 3 is 2.42 bits per heavy atom. The number of nitrogens with zero attached hydrogens (tertiary/aromatic N) is 1. The molecular formula is C16H29N3. The van der Waals surface area contributed by atoms with Gasteiger partial charge in [0.15, 0.2) is 0 Å². The van der Waals surface area contributed by atoms with Crippen molar-refractivity contribution in [3.05, 3.63) is 11.4 Å². The Balaban J connectivity index is 1.97. The minimum atomic E-state index is 0.455. The second-order valence-corrected chi connectivity index (χ2v) is 7.22. The van der Waals surface area contributed by atoms with Gasteiger partial charge in [-0.1, -0.05) is 27.2 Å². The Hall–Kier alpha value is -0.990. The summed E-state index contributed by atoms with van der Waals surface area (Å²) in [4.78, 5) is 0. The van der Waals surface area contributed by atoms with Crippen LogP contribution in [0, 0.1) is 25.2 Å². The fourth-order valence-electron chi connectivity index (χ4n) is 3.28. The number of aromatic amines is 1. The van der Waals surface area contributed by atoms with E-state index in [1.807, 2.05) is 0 Å². The molecular weight excluding hydrogens is 234 g/mol. The van der Waals surface area contributed by atoms with Crippen molar-refractivity contribution in [1.29, 1.82) is 0 Å². The number of rotatable bonds is 2. The van der Waals surface area contributed by atoms with Crippen LogP contribution in [-0.2, 0) is 0 Å². The van der Waals surface area contributed by atoms with Crippen molar-refractivity contribution in [1.82, 2.24) is 10.2 Å². The van der Waals surface area contributed by atoms with Gasteiger partial charge in [-0.2, -0.15) is 5.10 Å². The van der Waals surface area contributed by atoms with Crippen molar-refractivity contribution in [2.75, 3.05) is 5.32 Å². The summed E-state index contributed by atoms with van der Waals surface area (Å²) in [5.41, 5.74) is 3.93. The SMILES string of the molecule is Cc1n[nH]c(C)c1NC1CCCC(C(C)(C)C)CC1. The normalized spacial score (nSPS) is 25.1. The minimum absolute atomic E-state index is 0.455. The Morgan fingerprint density at radius 2 is 1.84 bits per heavy atom. The van der Waals surface area contributed by atoms with Crippen LogP contribution in [0.4, 0.5) is 5.69 Å². The summed E-state index contributed by atoms with van der Waals surface area (Å²) in [5, 5.41) is 11.1. The zero-order valence-corrected chi connectivity index (χ0v) is 13.1. The molecule has 1 aliphatic rings. The van der Waals surface area contributed by atoms with E-state index in [-0.39, 0.29) is 0 Å². The number of H-pyrrole nitrogens is 1. The monoisotopic (exact) mass is 263 g/mol. The summed E-state index contributed by atoms with van der Waals surface area (Å²) < 4.78 is 0. The minimum Gasteiger partial charge on any atom is -0.379 e. The van der Waals surface area contributed by atoms with Crippen LogP contribution in [0.25, 0.3) is 0 Å². The third kappa shape index (κ3) is 3.52. The van der Waals surface area contributed by atoms with Crippen LogP contribution in [0.1, 0.15) is 64.3 Å². The average molecular weight is 263 g/mol. The van der Waals surface area contributed by atoms with Gasteiger partial charge < -0.3 is 5.32 Å². The summed E-state index contributed by atoms with van der Waals surface area (Å²) in [7, 11) is 0. The quantitative estimate of drug-likeness (QED) is 0.775. The average Bonchev–Trinajstić information content (AvgIpc) is 2.57. The molecule has 0 aliphatic heterocycles. The van der Waals surface area contributed by atoms with Gasteiger partial charge >= 0.3 is 0 Å². The molecule has 1 aliphatic carbocycles. The first-order valence-corrected chi connectivity index (χ1v) is 7.66. The highest BCUT2D eigenvalue weighted by molar-refractivity contribution is 5.52. The predicted octanol–water partition coefficient (Wildman–Crippen LogP) is 4.43. The highest BCUT2D eigenvalue weighted by atomic mass is 15.2. The lowest BCUT2D eigenvalue weighted by Crippen LogP contribution is -2.22. The topological polar surface area (TPSA) is 40.7 Å². The lowest BCUT2D eigenvalue weighted by atomic mass is 9.76. The Bertz CT molecular complexity index is 395. The zero-order chi connectivity index (χ0) is 14.0. The van der Waals surface area contributed by atoms with E-state index in [0.29, 0.717) is 11.5 Å². The van der Waals surface area contributed by atoms with Gasteiger partial charge in [0.2, 0.25) is 0 Å². The number of aromatic nitrogens is 2. The number of hydrogen-bond acceptors (Lipinski definition) is 2. The van der Waals surface area contributed by atoms with Crippen LogP contribution < -0.4 is 5.32 Å². The Labute approximate surface area is 117 Å². The predicted molar refractivity (Wildman–Crippen MR) is 81.5 cm³/mol. The van der Waals surface area contributed by atoms with Gasteiger partial charge in [-0.3, -0.25) is 5.10 Å². The van der Waals surface area contributed by atoms with Gasteiger partial charge in [-0.25, -0.2) is 0 Å². The van der Waals surface area contributed by atoms with Crippen molar-refractivity contribution in [2.45, 2.75) is 72.8 Å². The molecule has 1 aromatic rings. The van der Waals surface area contributed by atoms with Crippen molar-refractivity contribution in [3.8, 4) is 0 Å². The zero-order valence-electron chi connectivity index (χ0n) is 13.1. The number of aryl methyl sites for hydroxylation is 2. The molecule has 0 spiro atoms. The Kier molecular flexibility index (Phi) is 4.22. The van der Waals surface area contributed by atoms with Gasteiger partial charge in [0, 0.05) is 6.04 Å². The highest BCUT2D eigenvalue weighted by Gasteiger charge is 2.28. The first-order valence-electron chi connectivity index (χ1n) is 7.66. The van der Waals surface area contributed by atoms with E-state index in [4.69, 9.17) is 0 Å². The summed E-state index contributed by atoms with van der Waals surface area (Å²) in [6.45, 7) is 11.3. The molecule has 2 atom stereocenters.